The minimum absolute atomic E-state index is 0.0371. The predicted molar refractivity (Wildman–Crippen MR) is 171 cm³/mol. The summed E-state index contributed by atoms with van der Waals surface area (Å²) in [6.45, 7) is 13.1. The molecule has 43 heavy (non-hydrogen) atoms. The van der Waals surface area contributed by atoms with Gasteiger partial charge in [0.1, 0.15) is 12.3 Å². The van der Waals surface area contributed by atoms with Crippen molar-refractivity contribution in [3.8, 4) is 6.01 Å². The normalized spacial score (nSPS) is 24.5. The van der Waals surface area contributed by atoms with Crippen LogP contribution < -0.4 is 20.0 Å². The molecule has 0 amide bonds. The quantitative estimate of drug-likeness (QED) is 0.338. The third kappa shape index (κ3) is 6.88. The van der Waals surface area contributed by atoms with Crippen molar-refractivity contribution in [3.05, 3.63) is 65.9 Å². The number of nitrogens with zero attached hydrogens (tertiary/aromatic N) is 5. The van der Waals surface area contributed by atoms with E-state index in [4.69, 9.17) is 25.5 Å². The highest BCUT2D eigenvalue weighted by atomic mass is 35.5. The number of alkyl halides is 1. The maximum absolute atomic E-state index is 14.0. The van der Waals surface area contributed by atoms with Crippen LogP contribution in [-0.2, 0) is 9.16 Å². The van der Waals surface area contributed by atoms with E-state index in [0.29, 0.717) is 45.2 Å². The lowest BCUT2D eigenvalue weighted by Gasteiger charge is -2.48. The number of hydrogen-bond acceptors (Lipinski definition) is 8. The SMILES string of the molecule is C[C@H](Oc1nc(Cl)nc(N2CCOCC(C)(O[Si](c3ccccc3)(c3ccccc3)C(C)(C)C)C2)n1)[C@@H]1C[C@@H](F)CN1C. The van der Waals surface area contributed by atoms with Gasteiger partial charge in [0.2, 0.25) is 11.2 Å². The van der Waals surface area contributed by atoms with Gasteiger partial charge in [-0.3, -0.25) is 4.90 Å². The number of ether oxygens (including phenoxy) is 2. The second-order valence-corrected chi connectivity index (χ2v) is 17.6. The Balaban J connectivity index is 1.47. The van der Waals surface area contributed by atoms with Crippen LogP contribution in [-0.4, -0.2) is 92.0 Å². The molecule has 0 aliphatic carbocycles. The maximum atomic E-state index is 14.0. The Morgan fingerprint density at radius 3 is 2.23 bits per heavy atom. The van der Waals surface area contributed by atoms with E-state index in [1.165, 1.54) is 10.4 Å². The van der Waals surface area contributed by atoms with Crippen LogP contribution in [0.15, 0.2) is 60.7 Å². The van der Waals surface area contributed by atoms with Gasteiger partial charge in [0.05, 0.1) is 25.4 Å². The van der Waals surface area contributed by atoms with E-state index in [0.717, 1.165) is 0 Å². The number of aromatic nitrogens is 3. The van der Waals surface area contributed by atoms with E-state index in [9.17, 15) is 4.39 Å². The van der Waals surface area contributed by atoms with Crippen LogP contribution in [0.1, 0.15) is 41.0 Å². The second kappa shape index (κ2) is 12.8. The molecule has 11 heteroatoms. The highest BCUT2D eigenvalue weighted by molar-refractivity contribution is 6.99. The van der Waals surface area contributed by atoms with Gasteiger partial charge in [-0.05, 0) is 54.3 Å². The molecule has 1 unspecified atom stereocenters. The van der Waals surface area contributed by atoms with Crippen molar-refractivity contribution in [1.29, 1.82) is 0 Å². The zero-order valence-corrected chi connectivity index (χ0v) is 27.7. The zero-order valence-electron chi connectivity index (χ0n) is 26.0. The topological polar surface area (TPSA) is 72.8 Å². The van der Waals surface area contributed by atoms with Crippen molar-refractivity contribution in [1.82, 2.24) is 19.9 Å². The van der Waals surface area contributed by atoms with E-state index in [-0.39, 0.29) is 28.5 Å². The van der Waals surface area contributed by atoms with Gasteiger partial charge < -0.3 is 18.8 Å². The Morgan fingerprint density at radius 2 is 1.67 bits per heavy atom. The van der Waals surface area contributed by atoms with Gasteiger partial charge in [0, 0.05) is 19.1 Å². The summed E-state index contributed by atoms with van der Waals surface area (Å²) in [6, 6.07) is 21.2. The molecule has 2 fully saturated rings. The molecule has 0 saturated carbocycles. The highest BCUT2D eigenvalue weighted by Crippen LogP contribution is 2.40. The molecule has 0 spiro atoms. The molecule has 0 N–H and O–H groups in total. The first kappa shape index (κ1) is 31.8. The molecule has 2 aliphatic heterocycles. The van der Waals surface area contributed by atoms with Crippen LogP contribution >= 0.6 is 11.6 Å². The van der Waals surface area contributed by atoms with Gasteiger partial charge in [-0.1, -0.05) is 81.4 Å². The van der Waals surface area contributed by atoms with Crippen LogP contribution in [0.5, 0.6) is 6.01 Å². The van der Waals surface area contributed by atoms with Crippen molar-refractivity contribution >= 4 is 36.2 Å². The number of halogens is 2. The number of likely N-dealkylation sites (N-methyl/N-ethyl adjacent to an activating group) is 1. The smallest absolute Gasteiger partial charge is 0.322 e. The predicted octanol–water partition coefficient (Wildman–Crippen LogP) is 4.51. The van der Waals surface area contributed by atoms with Crippen LogP contribution in [0.3, 0.4) is 0 Å². The van der Waals surface area contributed by atoms with E-state index < -0.39 is 20.1 Å². The minimum Gasteiger partial charge on any atom is -0.459 e. The Hall–Kier alpha value is -2.63. The van der Waals surface area contributed by atoms with Crippen molar-refractivity contribution in [2.75, 3.05) is 44.8 Å². The molecule has 2 aromatic carbocycles. The lowest BCUT2D eigenvalue weighted by Crippen LogP contribution is -2.70. The molecular weight excluding hydrogens is 585 g/mol. The number of hydrogen-bond donors (Lipinski definition) is 0. The lowest BCUT2D eigenvalue weighted by atomic mass is 10.1. The van der Waals surface area contributed by atoms with Crippen molar-refractivity contribution in [3.63, 3.8) is 0 Å². The molecule has 8 nitrogen and oxygen atoms in total. The fourth-order valence-corrected chi connectivity index (χ4v) is 11.5. The monoisotopic (exact) mass is 627 g/mol. The molecular formula is C32H43ClFN5O3Si. The second-order valence-electron chi connectivity index (χ2n) is 13.0. The molecule has 4 atom stereocenters. The molecule has 1 aromatic heterocycles. The van der Waals surface area contributed by atoms with Crippen molar-refractivity contribution in [2.45, 2.75) is 70.0 Å². The standard InChI is InChI=1S/C32H43ClFN5O3Si/c1-23(27-19-24(34)20-38(27)6)41-30-36-28(33)35-29(37-30)39-17-18-40-22-32(5,21-39)42-43(31(2,3)4,25-13-9-7-10-14-25)26-15-11-8-12-16-26/h7-16,23-24,27H,17-22H2,1-6H3/t23-,24+,27-,32?/m0/s1. The van der Waals surface area contributed by atoms with E-state index in [2.05, 4.69) is 91.2 Å². The molecule has 2 saturated heterocycles. The van der Waals surface area contributed by atoms with Gasteiger partial charge in [0.25, 0.3) is 8.32 Å². The third-order valence-corrected chi connectivity index (χ3v) is 13.9. The van der Waals surface area contributed by atoms with Crippen molar-refractivity contribution in [2.24, 2.45) is 0 Å². The molecule has 0 radical (unpaired) electrons. The van der Waals surface area contributed by atoms with E-state index in [1.807, 2.05) is 35.9 Å². The van der Waals surface area contributed by atoms with Crippen LogP contribution in [0.2, 0.25) is 10.3 Å². The summed E-state index contributed by atoms with van der Waals surface area (Å²) in [5, 5.41) is 2.24. The summed E-state index contributed by atoms with van der Waals surface area (Å²) < 4.78 is 33.9. The summed E-state index contributed by atoms with van der Waals surface area (Å²) in [5.41, 5.74) is -0.711. The van der Waals surface area contributed by atoms with Crippen LogP contribution in [0.4, 0.5) is 10.3 Å². The molecule has 2 aliphatic rings. The van der Waals surface area contributed by atoms with Gasteiger partial charge in [0.15, 0.2) is 0 Å². The Morgan fingerprint density at radius 1 is 1.05 bits per heavy atom. The zero-order chi connectivity index (χ0) is 30.8. The number of rotatable bonds is 8. The molecule has 5 rings (SSSR count). The summed E-state index contributed by atoms with van der Waals surface area (Å²) >= 11 is 6.41. The molecule has 3 aromatic rings. The maximum Gasteiger partial charge on any atom is 0.322 e. The summed E-state index contributed by atoms with van der Waals surface area (Å²) in [6.07, 6.45) is -0.790. The average Bonchev–Trinajstić information content (AvgIpc) is 3.18. The molecule has 0 bridgehead atoms. The number of likely N-dealkylation sites (tertiary alicyclic amines) is 1. The fourth-order valence-electron chi connectivity index (χ4n) is 6.52. The Kier molecular flexibility index (Phi) is 9.44. The largest absolute Gasteiger partial charge is 0.459 e. The first-order valence-corrected chi connectivity index (χ1v) is 17.3. The van der Waals surface area contributed by atoms with Crippen LogP contribution in [0.25, 0.3) is 0 Å². The van der Waals surface area contributed by atoms with Gasteiger partial charge >= 0.3 is 6.01 Å². The molecule has 232 valence electrons. The Bertz CT molecular complexity index is 1330. The lowest BCUT2D eigenvalue weighted by molar-refractivity contribution is -0.000403. The van der Waals surface area contributed by atoms with Gasteiger partial charge in [-0.25, -0.2) is 4.39 Å². The van der Waals surface area contributed by atoms with Crippen LogP contribution in [0, 0.1) is 0 Å². The van der Waals surface area contributed by atoms with E-state index >= 15 is 0 Å². The van der Waals surface area contributed by atoms with Gasteiger partial charge in [-0.2, -0.15) is 15.0 Å². The minimum atomic E-state index is -2.88. The Labute approximate surface area is 260 Å². The summed E-state index contributed by atoms with van der Waals surface area (Å²) in [7, 11) is -0.976. The average molecular weight is 628 g/mol. The highest BCUT2D eigenvalue weighted by Gasteiger charge is 2.54. The third-order valence-electron chi connectivity index (χ3n) is 8.50. The van der Waals surface area contributed by atoms with Gasteiger partial charge in [-0.15, -0.1) is 0 Å². The summed E-state index contributed by atoms with van der Waals surface area (Å²) in [5.74, 6) is 0.396. The van der Waals surface area contributed by atoms with Crippen molar-refractivity contribution < 1.29 is 18.3 Å². The number of benzene rings is 2. The first-order chi connectivity index (χ1) is 20.4. The summed E-state index contributed by atoms with van der Waals surface area (Å²) in [4.78, 5) is 17.4. The van der Waals surface area contributed by atoms with E-state index in [1.54, 1.807) is 0 Å². The molecule has 3 heterocycles. The first-order valence-electron chi connectivity index (χ1n) is 15.0. The number of anilines is 1. The fraction of sp³-hybridized carbons (Fsp3) is 0.531.